The van der Waals surface area contributed by atoms with Gasteiger partial charge in [-0.3, -0.25) is 4.79 Å². The van der Waals surface area contributed by atoms with Crippen LogP contribution in [0.2, 0.25) is 0 Å². The zero-order chi connectivity index (χ0) is 16.9. The first-order valence-corrected chi connectivity index (χ1v) is 10.0. The number of amides is 1. The average molecular weight is 441 g/mol. The van der Waals surface area contributed by atoms with Gasteiger partial charge >= 0.3 is 0 Å². The van der Waals surface area contributed by atoms with Gasteiger partial charge in [-0.1, -0.05) is 0 Å². The van der Waals surface area contributed by atoms with Crippen LogP contribution in [-0.2, 0) is 0 Å². The van der Waals surface area contributed by atoms with Crippen LogP contribution in [0.5, 0.6) is 5.75 Å². The number of carbonyl (C=O) groups is 1. The number of hydrogen-bond acceptors (Lipinski definition) is 3. The van der Waals surface area contributed by atoms with E-state index in [1.807, 2.05) is 25.1 Å². The van der Waals surface area contributed by atoms with Crippen molar-refractivity contribution in [3.05, 3.63) is 27.3 Å². The van der Waals surface area contributed by atoms with Crippen LogP contribution in [0.4, 0.5) is 0 Å². The molecule has 2 N–H and O–H groups in total. The van der Waals surface area contributed by atoms with Crippen LogP contribution >= 0.6 is 22.6 Å². The average Bonchev–Trinajstić information content (AvgIpc) is 2.49. The normalized spacial score (nSPS) is 36.6. The Balaban J connectivity index is 1.53. The first kappa shape index (κ1) is 16.6. The van der Waals surface area contributed by atoms with Crippen molar-refractivity contribution in [1.82, 2.24) is 5.32 Å². The van der Waals surface area contributed by atoms with E-state index in [1.165, 1.54) is 0 Å². The Morgan fingerprint density at radius 3 is 2.67 bits per heavy atom. The van der Waals surface area contributed by atoms with Gasteiger partial charge in [-0.2, -0.15) is 0 Å². The monoisotopic (exact) mass is 441 g/mol. The highest BCUT2D eigenvalue weighted by Crippen LogP contribution is 2.55. The summed E-state index contributed by atoms with van der Waals surface area (Å²) >= 11 is 2.23. The molecule has 4 aliphatic rings. The molecule has 0 radical (unpaired) electrons. The van der Waals surface area contributed by atoms with Crippen LogP contribution < -0.4 is 10.1 Å². The Morgan fingerprint density at radius 2 is 2.04 bits per heavy atom. The van der Waals surface area contributed by atoms with Gasteiger partial charge in [0.25, 0.3) is 5.91 Å². The van der Waals surface area contributed by atoms with Crippen LogP contribution in [0.25, 0.3) is 0 Å². The molecule has 0 saturated heterocycles. The summed E-state index contributed by atoms with van der Waals surface area (Å²) < 4.78 is 6.72. The summed E-state index contributed by atoms with van der Waals surface area (Å²) in [5.74, 6) is 2.11. The summed E-state index contributed by atoms with van der Waals surface area (Å²) in [7, 11) is 0. The highest BCUT2D eigenvalue weighted by Gasteiger charge is 2.55. The fourth-order valence-electron chi connectivity index (χ4n) is 5.40. The number of benzene rings is 1. The predicted molar refractivity (Wildman–Crippen MR) is 100 cm³/mol. The molecular formula is C19H24INO3. The number of ether oxygens (including phenoxy) is 1. The van der Waals surface area contributed by atoms with Gasteiger partial charge in [-0.15, -0.1) is 0 Å². The predicted octanol–water partition coefficient (Wildman–Crippen LogP) is 3.36. The number of nitrogens with one attached hydrogen (secondary N) is 1. The summed E-state index contributed by atoms with van der Waals surface area (Å²) in [6.45, 7) is 2.48. The van der Waals surface area contributed by atoms with Crippen LogP contribution in [0.1, 0.15) is 49.4 Å². The molecule has 0 heterocycles. The third kappa shape index (κ3) is 2.94. The van der Waals surface area contributed by atoms with Gasteiger partial charge in [0.15, 0.2) is 0 Å². The third-order valence-corrected chi connectivity index (χ3v) is 6.70. The van der Waals surface area contributed by atoms with E-state index in [1.54, 1.807) is 0 Å². The molecule has 4 nitrogen and oxygen atoms in total. The maximum absolute atomic E-state index is 12.9. The summed E-state index contributed by atoms with van der Waals surface area (Å²) in [5.41, 5.74) is 0.154. The quantitative estimate of drug-likeness (QED) is 0.705. The maximum Gasteiger partial charge on any atom is 0.255 e. The van der Waals surface area contributed by atoms with Gasteiger partial charge in [0, 0.05) is 9.61 Å². The van der Waals surface area contributed by atoms with Crippen molar-refractivity contribution >= 4 is 28.5 Å². The van der Waals surface area contributed by atoms with Crippen LogP contribution in [0.3, 0.4) is 0 Å². The second kappa shape index (κ2) is 6.16. The molecule has 4 aliphatic carbocycles. The van der Waals surface area contributed by atoms with Gasteiger partial charge in [0.1, 0.15) is 5.75 Å². The molecule has 5 rings (SSSR count). The lowest BCUT2D eigenvalue weighted by molar-refractivity contribution is -0.136. The molecule has 0 aromatic heterocycles. The fraction of sp³-hybridized carbons (Fsp3) is 0.632. The van der Waals surface area contributed by atoms with Crippen molar-refractivity contribution in [3.8, 4) is 5.75 Å². The number of halogens is 1. The van der Waals surface area contributed by atoms with E-state index < -0.39 is 5.60 Å². The first-order chi connectivity index (χ1) is 11.5. The van der Waals surface area contributed by atoms with E-state index in [4.69, 9.17) is 4.74 Å². The molecule has 1 amide bonds. The highest BCUT2D eigenvalue weighted by molar-refractivity contribution is 14.1. The Bertz CT molecular complexity index is 646. The van der Waals surface area contributed by atoms with Crippen LogP contribution in [-0.4, -0.2) is 29.3 Å². The molecular weight excluding hydrogens is 417 g/mol. The molecule has 24 heavy (non-hydrogen) atoms. The number of hydrogen-bond donors (Lipinski definition) is 2. The van der Waals surface area contributed by atoms with E-state index in [-0.39, 0.29) is 11.9 Å². The highest BCUT2D eigenvalue weighted by atomic mass is 127. The molecule has 1 aromatic carbocycles. The van der Waals surface area contributed by atoms with E-state index in [2.05, 4.69) is 27.9 Å². The lowest BCUT2D eigenvalue weighted by atomic mass is 9.52. The van der Waals surface area contributed by atoms with Crippen molar-refractivity contribution in [2.75, 3.05) is 6.61 Å². The van der Waals surface area contributed by atoms with Gasteiger partial charge in [0.05, 0.1) is 17.8 Å². The van der Waals surface area contributed by atoms with Gasteiger partial charge < -0.3 is 15.2 Å². The number of carbonyl (C=O) groups excluding carboxylic acids is 1. The first-order valence-electron chi connectivity index (χ1n) is 8.93. The molecule has 2 atom stereocenters. The largest absolute Gasteiger partial charge is 0.493 e. The van der Waals surface area contributed by atoms with Crippen molar-refractivity contribution in [1.29, 1.82) is 0 Å². The molecule has 0 spiro atoms. The summed E-state index contributed by atoms with van der Waals surface area (Å²) in [6, 6.07) is 5.91. The molecule has 4 fully saturated rings. The standard InChI is InChI=1S/C19H24INO3/c1-2-24-16-7-14(20)3-4-15(16)18(22)21-17-12-5-11-6-13(17)10-19(23,8-11)9-12/h3-4,7,11-13,17,23H,2,5-6,8-10H2,1H3,(H,21,22). The van der Waals surface area contributed by atoms with Crippen LogP contribution in [0.15, 0.2) is 18.2 Å². The van der Waals surface area contributed by atoms with Gasteiger partial charge in [-0.05, 0) is 97.6 Å². The van der Waals surface area contributed by atoms with Crippen molar-refractivity contribution in [2.45, 2.75) is 50.7 Å². The molecule has 130 valence electrons. The van der Waals surface area contributed by atoms with E-state index in [9.17, 15) is 9.90 Å². The number of rotatable bonds is 4. The maximum atomic E-state index is 12.9. The summed E-state index contributed by atoms with van der Waals surface area (Å²) in [6.07, 6.45) is 4.95. The van der Waals surface area contributed by atoms with E-state index >= 15 is 0 Å². The minimum Gasteiger partial charge on any atom is -0.493 e. The lowest BCUT2D eigenvalue weighted by Crippen LogP contribution is -2.61. The minimum atomic E-state index is -0.461. The molecule has 0 aliphatic heterocycles. The van der Waals surface area contributed by atoms with Gasteiger partial charge in [0.2, 0.25) is 0 Å². The van der Waals surface area contributed by atoms with Crippen molar-refractivity contribution in [3.63, 3.8) is 0 Å². The molecule has 4 saturated carbocycles. The van der Waals surface area contributed by atoms with Crippen molar-refractivity contribution in [2.24, 2.45) is 17.8 Å². The Morgan fingerprint density at radius 1 is 1.33 bits per heavy atom. The third-order valence-electron chi connectivity index (χ3n) is 6.03. The Hall–Kier alpha value is -0.820. The fourth-order valence-corrected chi connectivity index (χ4v) is 5.87. The van der Waals surface area contributed by atoms with E-state index in [0.717, 1.165) is 35.7 Å². The molecule has 1 aromatic rings. The Labute approximate surface area is 156 Å². The van der Waals surface area contributed by atoms with E-state index in [0.29, 0.717) is 35.7 Å². The zero-order valence-corrected chi connectivity index (χ0v) is 16.1. The smallest absolute Gasteiger partial charge is 0.255 e. The zero-order valence-electron chi connectivity index (χ0n) is 13.9. The summed E-state index contributed by atoms with van der Waals surface area (Å²) in [4.78, 5) is 12.9. The second-order valence-corrected chi connectivity index (χ2v) is 9.01. The molecule has 4 bridgehead atoms. The second-order valence-electron chi connectivity index (χ2n) is 7.77. The van der Waals surface area contributed by atoms with Crippen molar-refractivity contribution < 1.29 is 14.6 Å². The van der Waals surface area contributed by atoms with Gasteiger partial charge in [-0.25, -0.2) is 0 Å². The summed E-state index contributed by atoms with van der Waals surface area (Å²) in [5, 5.41) is 14.0. The molecule has 5 heteroatoms. The topological polar surface area (TPSA) is 58.6 Å². The van der Waals surface area contributed by atoms with Crippen LogP contribution in [0, 0.1) is 21.3 Å². The lowest BCUT2D eigenvalue weighted by Gasteiger charge is -2.58. The number of aliphatic hydroxyl groups is 1. The SMILES string of the molecule is CCOc1cc(I)ccc1C(=O)NC1C2CC3CC1CC(O)(C3)C2. The minimum absolute atomic E-state index is 0.0423. The molecule has 2 unspecified atom stereocenters. The Kier molecular flexibility index (Phi) is 4.27.